The van der Waals surface area contributed by atoms with Gasteiger partial charge in [-0.15, -0.1) is 0 Å². The predicted molar refractivity (Wildman–Crippen MR) is 77.8 cm³/mol. The van der Waals surface area contributed by atoms with Gasteiger partial charge in [0.1, 0.15) is 5.69 Å². The fourth-order valence-electron chi connectivity index (χ4n) is 1.93. The van der Waals surface area contributed by atoms with E-state index < -0.39 is 0 Å². The van der Waals surface area contributed by atoms with Crippen LogP contribution in [0.1, 0.15) is 10.6 Å². The van der Waals surface area contributed by atoms with E-state index in [-0.39, 0.29) is 5.76 Å². The molecule has 4 heteroatoms. The van der Waals surface area contributed by atoms with Gasteiger partial charge in [-0.1, -0.05) is 41.9 Å². The van der Waals surface area contributed by atoms with Crippen LogP contribution in [-0.2, 0) is 0 Å². The summed E-state index contributed by atoms with van der Waals surface area (Å²) in [5, 5.41) is 0.633. The Bertz CT molecular complexity index is 733. The van der Waals surface area contributed by atoms with Crippen LogP contribution >= 0.6 is 11.6 Å². The molecule has 0 spiro atoms. The second-order valence-electron chi connectivity index (χ2n) is 4.22. The normalized spacial score (nSPS) is 10.4. The fourth-order valence-corrected chi connectivity index (χ4v) is 2.06. The Kier molecular flexibility index (Phi) is 3.35. The van der Waals surface area contributed by atoms with Gasteiger partial charge in [-0.05, 0) is 24.3 Å². The highest BCUT2D eigenvalue weighted by molar-refractivity contribution is 6.30. The lowest BCUT2D eigenvalue weighted by molar-refractivity contribution is 0.110. The smallest absolute Gasteiger partial charge is 0.227 e. The summed E-state index contributed by atoms with van der Waals surface area (Å²) in [6.45, 7) is 0. The van der Waals surface area contributed by atoms with Gasteiger partial charge in [-0.25, -0.2) is 4.98 Å². The molecule has 1 heterocycles. The topological polar surface area (TPSA) is 43.1 Å². The Morgan fingerprint density at radius 2 is 1.65 bits per heavy atom. The van der Waals surface area contributed by atoms with Gasteiger partial charge in [0.2, 0.25) is 5.89 Å². The molecule has 0 radical (unpaired) electrons. The van der Waals surface area contributed by atoms with E-state index in [9.17, 15) is 4.79 Å². The van der Waals surface area contributed by atoms with Crippen molar-refractivity contribution < 1.29 is 9.21 Å². The molecule has 3 nitrogen and oxygen atoms in total. The molecule has 0 amide bonds. The zero-order chi connectivity index (χ0) is 13.9. The van der Waals surface area contributed by atoms with Crippen LogP contribution in [0, 0.1) is 0 Å². The first-order valence-corrected chi connectivity index (χ1v) is 6.43. The third kappa shape index (κ3) is 2.36. The van der Waals surface area contributed by atoms with Crippen molar-refractivity contribution in [1.82, 2.24) is 4.98 Å². The minimum Gasteiger partial charge on any atom is -0.433 e. The molecule has 0 aliphatic heterocycles. The van der Waals surface area contributed by atoms with E-state index in [1.807, 2.05) is 42.5 Å². The van der Waals surface area contributed by atoms with Crippen LogP contribution in [0.2, 0.25) is 5.02 Å². The van der Waals surface area contributed by atoms with Gasteiger partial charge in [0.25, 0.3) is 0 Å². The minimum atomic E-state index is 0.214. The second-order valence-corrected chi connectivity index (χ2v) is 4.66. The van der Waals surface area contributed by atoms with E-state index in [1.54, 1.807) is 12.1 Å². The summed E-state index contributed by atoms with van der Waals surface area (Å²) in [6, 6.07) is 16.6. The number of halogens is 1. The SMILES string of the molecule is O=Cc1oc(-c2ccccc2)nc1-c1ccc(Cl)cc1. The van der Waals surface area contributed by atoms with E-state index in [0.29, 0.717) is 22.9 Å². The molecule has 0 unspecified atom stereocenters. The molecule has 0 atom stereocenters. The van der Waals surface area contributed by atoms with E-state index in [2.05, 4.69) is 4.98 Å². The van der Waals surface area contributed by atoms with Crippen molar-refractivity contribution >= 4 is 17.9 Å². The maximum atomic E-state index is 11.2. The number of aldehydes is 1. The van der Waals surface area contributed by atoms with Crippen LogP contribution in [0.4, 0.5) is 0 Å². The fraction of sp³-hybridized carbons (Fsp3) is 0. The van der Waals surface area contributed by atoms with Gasteiger partial charge in [0.15, 0.2) is 12.0 Å². The van der Waals surface area contributed by atoms with E-state index in [4.69, 9.17) is 16.0 Å². The molecule has 0 fully saturated rings. The summed E-state index contributed by atoms with van der Waals surface area (Å²) in [5.74, 6) is 0.642. The van der Waals surface area contributed by atoms with Gasteiger partial charge in [-0.2, -0.15) is 0 Å². The Morgan fingerprint density at radius 1 is 0.950 bits per heavy atom. The molecule has 3 rings (SSSR count). The average Bonchev–Trinajstić information content (AvgIpc) is 2.93. The first-order valence-electron chi connectivity index (χ1n) is 6.05. The number of carbonyl (C=O) groups excluding carboxylic acids is 1. The minimum absolute atomic E-state index is 0.214. The Morgan fingerprint density at radius 3 is 2.30 bits per heavy atom. The van der Waals surface area contributed by atoms with Crippen molar-refractivity contribution in [2.75, 3.05) is 0 Å². The maximum absolute atomic E-state index is 11.2. The summed E-state index contributed by atoms with van der Waals surface area (Å²) in [7, 11) is 0. The van der Waals surface area contributed by atoms with Crippen LogP contribution < -0.4 is 0 Å². The molecular weight excluding hydrogens is 274 g/mol. The molecule has 0 saturated heterocycles. The highest BCUT2D eigenvalue weighted by Crippen LogP contribution is 2.28. The van der Waals surface area contributed by atoms with Gasteiger partial charge in [-0.3, -0.25) is 4.79 Å². The molecular formula is C16H10ClNO2. The number of benzene rings is 2. The van der Waals surface area contributed by atoms with E-state index in [1.165, 1.54) is 0 Å². The lowest BCUT2D eigenvalue weighted by atomic mass is 10.1. The summed E-state index contributed by atoms with van der Waals surface area (Å²) in [6.07, 6.45) is 0.670. The van der Waals surface area contributed by atoms with Crippen molar-refractivity contribution in [2.24, 2.45) is 0 Å². The monoisotopic (exact) mass is 283 g/mol. The largest absolute Gasteiger partial charge is 0.433 e. The van der Waals surface area contributed by atoms with Crippen molar-refractivity contribution in [2.45, 2.75) is 0 Å². The second kappa shape index (κ2) is 5.31. The third-order valence-electron chi connectivity index (χ3n) is 2.90. The Balaban J connectivity index is 2.10. The molecule has 20 heavy (non-hydrogen) atoms. The average molecular weight is 284 g/mol. The van der Waals surface area contributed by atoms with Crippen LogP contribution in [0.25, 0.3) is 22.7 Å². The van der Waals surface area contributed by atoms with Crippen molar-refractivity contribution in [1.29, 1.82) is 0 Å². The van der Waals surface area contributed by atoms with E-state index >= 15 is 0 Å². The summed E-state index contributed by atoms with van der Waals surface area (Å²) < 4.78 is 5.52. The number of carbonyl (C=O) groups is 1. The van der Waals surface area contributed by atoms with Gasteiger partial charge in [0, 0.05) is 16.1 Å². The molecule has 0 saturated carbocycles. The number of aromatic nitrogens is 1. The first kappa shape index (κ1) is 12.6. The van der Waals surface area contributed by atoms with Crippen LogP contribution in [0.15, 0.2) is 59.0 Å². The number of hydrogen-bond donors (Lipinski definition) is 0. The van der Waals surface area contributed by atoms with Crippen molar-refractivity contribution in [3.8, 4) is 22.7 Å². The molecule has 0 N–H and O–H groups in total. The highest BCUT2D eigenvalue weighted by atomic mass is 35.5. The van der Waals surface area contributed by atoms with Gasteiger partial charge < -0.3 is 4.42 Å². The molecule has 2 aromatic carbocycles. The zero-order valence-electron chi connectivity index (χ0n) is 10.4. The molecule has 0 aliphatic carbocycles. The van der Waals surface area contributed by atoms with Gasteiger partial charge >= 0.3 is 0 Å². The molecule has 0 aliphatic rings. The maximum Gasteiger partial charge on any atom is 0.227 e. The van der Waals surface area contributed by atoms with Crippen LogP contribution in [-0.4, -0.2) is 11.3 Å². The summed E-state index contributed by atoms with van der Waals surface area (Å²) in [5.41, 5.74) is 2.15. The zero-order valence-corrected chi connectivity index (χ0v) is 11.2. The number of oxazole rings is 1. The highest BCUT2D eigenvalue weighted by Gasteiger charge is 2.15. The Hall–Kier alpha value is -2.39. The quantitative estimate of drug-likeness (QED) is 0.666. The predicted octanol–water partition coefficient (Wildman–Crippen LogP) is 4.47. The molecule has 98 valence electrons. The lowest BCUT2D eigenvalue weighted by Gasteiger charge is -1.96. The summed E-state index contributed by atoms with van der Waals surface area (Å²) >= 11 is 5.86. The third-order valence-corrected chi connectivity index (χ3v) is 3.15. The van der Waals surface area contributed by atoms with Crippen LogP contribution in [0.3, 0.4) is 0 Å². The number of rotatable bonds is 3. The van der Waals surface area contributed by atoms with Crippen molar-refractivity contribution in [3.05, 3.63) is 65.4 Å². The summed E-state index contributed by atoms with van der Waals surface area (Å²) in [4.78, 5) is 15.6. The number of nitrogens with zero attached hydrogens (tertiary/aromatic N) is 1. The molecule has 1 aromatic heterocycles. The van der Waals surface area contributed by atoms with Gasteiger partial charge in [0.05, 0.1) is 0 Å². The van der Waals surface area contributed by atoms with E-state index in [0.717, 1.165) is 11.1 Å². The first-order chi connectivity index (χ1) is 9.78. The Labute approximate surface area is 120 Å². The molecule has 3 aromatic rings. The molecule has 0 bridgehead atoms. The lowest BCUT2D eigenvalue weighted by Crippen LogP contribution is -1.83. The number of hydrogen-bond acceptors (Lipinski definition) is 3. The van der Waals surface area contributed by atoms with Crippen LogP contribution in [0.5, 0.6) is 0 Å². The van der Waals surface area contributed by atoms with Crippen molar-refractivity contribution in [3.63, 3.8) is 0 Å². The standard InChI is InChI=1S/C16H10ClNO2/c17-13-8-6-11(7-9-13)15-14(10-19)20-16(18-15)12-4-2-1-3-5-12/h1-10H.